The monoisotopic (exact) mass is 490 g/mol. The lowest BCUT2D eigenvalue weighted by Crippen LogP contribution is -2.36. The van der Waals surface area contributed by atoms with Gasteiger partial charge in [-0.05, 0) is 79.2 Å². The van der Waals surface area contributed by atoms with Crippen molar-refractivity contribution in [3.8, 4) is 0 Å². The largest absolute Gasteiger partial charge is 0.450 e. The Morgan fingerprint density at radius 2 is 1.33 bits per heavy atom. The molecular weight excluding hydrogens is 467 g/mol. The second-order valence-corrected chi connectivity index (χ2v) is 7.16. The highest BCUT2D eigenvalue weighted by molar-refractivity contribution is 7.80. The van der Waals surface area contributed by atoms with Gasteiger partial charge in [0.2, 0.25) is 0 Å². The predicted octanol–water partition coefficient (Wildman–Crippen LogP) is 4.77. The summed E-state index contributed by atoms with van der Waals surface area (Å²) in [5.41, 5.74) is 2.90. The molecule has 0 aliphatic rings. The van der Waals surface area contributed by atoms with Gasteiger partial charge in [0.15, 0.2) is 10.2 Å². The summed E-state index contributed by atoms with van der Waals surface area (Å²) in [6.07, 6.45) is -1.42. The summed E-state index contributed by atoms with van der Waals surface area (Å²) in [4.78, 5) is 23.3. The van der Waals surface area contributed by atoms with Crippen molar-refractivity contribution in [3.63, 3.8) is 0 Å². The zero-order valence-electron chi connectivity index (χ0n) is 18.0. The van der Waals surface area contributed by atoms with Crippen molar-refractivity contribution in [2.75, 3.05) is 23.8 Å². The number of halogens is 1. The predicted molar refractivity (Wildman–Crippen MR) is 134 cm³/mol. The molecule has 2 aromatic rings. The molecule has 0 saturated heterocycles. The van der Waals surface area contributed by atoms with Crippen LogP contribution in [0.15, 0.2) is 49.0 Å². The van der Waals surface area contributed by atoms with Crippen LogP contribution in [-0.4, -0.2) is 35.6 Å². The van der Waals surface area contributed by atoms with Gasteiger partial charge in [0.25, 0.3) is 0 Å². The first-order valence-corrected chi connectivity index (χ1v) is 10.6. The molecule has 0 spiro atoms. The highest BCUT2D eigenvalue weighted by Gasteiger charge is 2.13. The number of thiocarbonyl (C=S) groups is 2. The number of carbonyl (C=O) groups excluding carboxylic acids is 2. The maximum Gasteiger partial charge on any atom is 0.413 e. The number of alkyl carbamates (subject to hydrolysis) is 2. The Balaban J connectivity index is 2.29. The highest BCUT2D eigenvalue weighted by atomic mass is 32.1. The Bertz CT molecular complexity index is 1060. The van der Waals surface area contributed by atoms with E-state index in [4.69, 9.17) is 33.9 Å². The number of hydrogen-bond donors (Lipinski definition) is 4. The van der Waals surface area contributed by atoms with Gasteiger partial charge in [0, 0.05) is 0 Å². The van der Waals surface area contributed by atoms with Crippen LogP contribution in [0, 0.1) is 5.82 Å². The van der Waals surface area contributed by atoms with Gasteiger partial charge in [0.1, 0.15) is 5.82 Å². The summed E-state index contributed by atoms with van der Waals surface area (Å²) in [6.45, 7) is 7.78. The minimum Gasteiger partial charge on any atom is -0.450 e. The molecule has 8 nitrogen and oxygen atoms in total. The van der Waals surface area contributed by atoms with E-state index in [1.165, 1.54) is 12.1 Å². The number of ether oxygens (including phenoxy) is 2. The summed E-state index contributed by atoms with van der Waals surface area (Å²) in [5, 5.41) is 10.5. The number of benzene rings is 2. The Morgan fingerprint density at radius 3 is 1.85 bits per heavy atom. The minimum absolute atomic E-state index is 0.00844. The fraction of sp³-hybridized carbons (Fsp3) is 0.182. The molecule has 0 unspecified atom stereocenters. The molecule has 0 fully saturated rings. The molecule has 0 saturated carbocycles. The normalized spacial score (nSPS) is 9.91. The molecule has 2 amide bonds. The van der Waals surface area contributed by atoms with Crippen molar-refractivity contribution in [1.82, 2.24) is 10.6 Å². The van der Waals surface area contributed by atoms with Gasteiger partial charge in [-0.25, -0.2) is 14.0 Å². The Labute approximate surface area is 201 Å². The topological polar surface area (TPSA) is 101 Å². The molecule has 33 heavy (non-hydrogen) atoms. The van der Waals surface area contributed by atoms with E-state index in [2.05, 4.69) is 27.8 Å². The fourth-order valence-electron chi connectivity index (χ4n) is 2.59. The molecule has 0 aromatic heterocycles. The van der Waals surface area contributed by atoms with Gasteiger partial charge in [-0.2, -0.15) is 0 Å². The average Bonchev–Trinajstić information content (AvgIpc) is 2.75. The lowest BCUT2D eigenvalue weighted by molar-refractivity contribution is 0.157. The molecule has 2 rings (SSSR count). The number of amides is 2. The van der Waals surface area contributed by atoms with Gasteiger partial charge < -0.3 is 20.1 Å². The maximum atomic E-state index is 13.3. The zero-order valence-corrected chi connectivity index (χ0v) is 19.6. The van der Waals surface area contributed by atoms with E-state index in [0.717, 1.165) is 5.56 Å². The van der Waals surface area contributed by atoms with Gasteiger partial charge in [0.05, 0.1) is 24.6 Å². The summed E-state index contributed by atoms with van der Waals surface area (Å²) in [7, 11) is 0. The van der Waals surface area contributed by atoms with Crippen molar-refractivity contribution >= 4 is 63.8 Å². The van der Waals surface area contributed by atoms with Crippen LogP contribution in [0.5, 0.6) is 0 Å². The number of rotatable bonds is 6. The van der Waals surface area contributed by atoms with E-state index in [1.807, 2.05) is 0 Å². The number of carbonyl (C=O) groups is 2. The minimum atomic E-state index is -0.712. The highest BCUT2D eigenvalue weighted by Crippen LogP contribution is 2.29. The number of hydrogen-bond acceptors (Lipinski definition) is 6. The molecule has 174 valence electrons. The Kier molecular flexibility index (Phi) is 9.70. The van der Waals surface area contributed by atoms with Crippen LogP contribution in [0.25, 0.3) is 5.57 Å². The smallest absolute Gasteiger partial charge is 0.413 e. The molecule has 0 radical (unpaired) electrons. The van der Waals surface area contributed by atoms with Crippen molar-refractivity contribution in [3.05, 3.63) is 66.0 Å². The van der Waals surface area contributed by atoms with Crippen molar-refractivity contribution in [2.24, 2.45) is 0 Å². The van der Waals surface area contributed by atoms with E-state index >= 15 is 0 Å². The van der Waals surface area contributed by atoms with Crippen molar-refractivity contribution in [2.45, 2.75) is 13.8 Å². The number of anilines is 2. The Hall–Kier alpha value is -3.57. The molecule has 0 heterocycles. The van der Waals surface area contributed by atoms with Crippen LogP contribution in [0.3, 0.4) is 0 Å². The summed E-state index contributed by atoms with van der Waals surface area (Å²) in [6, 6.07) is 11.1. The molecule has 0 aliphatic carbocycles. The summed E-state index contributed by atoms with van der Waals surface area (Å²) >= 11 is 10.3. The quantitative estimate of drug-likeness (QED) is 0.430. The molecule has 0 aliphatic heterocycles. The first-order valence-electron chi connectivity index (χ1n) is 9.82. The second-order valence-electron chi connectivity index (χ2n) is 6.34. The van der Waals surface area contributed by atoms with Crippen molar-refractivity contribution in [1.29, 1.82) is 0 Å². The van der Waals surface area contributed by atoms with Gasteiger partial charge in [-0.1, -0.05) is 24.8 Å². The van der Waals surface area contributed by atoms with Gasteiger partial charge >= 0.3 is 12.2 Å². The van der Waals surface area contributed by atoms with Crippen molar-refractivity contribution < 1.29 is 23.5 Å². The summed E-state index contributed by atoms with van der Waals surface area (Å²) < 4.78 is 22.9. The van der Waals surface area contributed by atoms with E-state index in [-0.39, 0.29) is 29.3 Å². The van der Waals surface area contributed by atoms with Crippen LogP contribution in [0.2, 0.25) is 0 Å². The molecule has 11 heteroatoms. The lowest BCUT2D eigenvalue weighted by Gasteiger charge is -2.17. The third-order valence-electron chi connectivity index (χ3n) is 4.04. The third kappa shape index (κ3) is 8.13. The van der Waals surface area contributed by atoms with Gasteiger partial charge in [-0.15, -0.1) is 0 Å². The molecule has 4 N–H and O–H groups in total. The SMILES string of the molecule is C=C(c1ccc(F)cc1)c1ccc(NC(=S)NC(=O)OCC)c(NC(=S)NC(=O)OCC)c1. The molecule has 2 aromatic carbocycles. The standard InChI is InChI=1S/C22H23FN4O4S2/c1-4-30-21(28)26-19(32)24-17-11-8-15(13(3)14-6-9-16(23)10-7-14)12-18(17)25-20(33)27-22(29)31-5-2/h6-12H,3-5H2,1-2H3,(H2,24,26,28,32)(H2,25,27,29,33). The Morgan fingerprint density at radius 1 is 0.848 bits per heavy atom. The fourth-order valence-corrected chi connectivity index (χ4v) is 2.98. The van der Waals surface area contributed by atoms with Crippen LogP contribution in [0.1, 0.15) is 25.0 Å². The van der Waals surface area contributed by atoms with Crippen LogP contribution < -0.4 is 21.3 Å². The third-order valence-corrected chi connectivity index (χ3v) is 4.45. The van der Waals surface area contributed by atoms with Gasteiger partial charge in [-0.3, -0.25) is 10.6 Å². The van der Waals surface area contributed by atoms with E-state index in [9.17, 15) is 14.0 Å². The van der Waals surface area contributed by atoms with Crippen LogP contribution >= 0.6 is 24.4 Å². The zero-order chi connectivity index (χ0) is 24.4. The van der Waals surface area contributed by atoms with E-state index in [1.54, 1.807) is 44.2 Å². The van der Waals surface area contributed by atoms with E-state index in [0.29, 0.717) is 22.5 Å². The number of nitrogens with one attached hydrogen (secondary N) is 4. The molecule has 0 atom stereocenters. The first-order chi connectivity index (χ1) is 15.7. The summed E-state index contributed by atoms with van der Waals surface area (Å²) in [5.74, 6) is -0.355. The lowest BCUT2D eigenvalue weighted by atomic mass is 9.98. The first kappa shape index (κ1) is 25.7. The maximum absolute atomic E-state index is 13.3. The van der Waals surface area contributed by atoms with E-state index < -0.39 is 12.2 Å². The average molecular weight is 491 g/mol. The van der Waals surface area contributed by atoms with Crippen LogP contribution in [-0.2, 0) is 9.47 Å². The second kappa shape index (κ2) is 12.5. The van der Waals surface area contributed by atoms with Crippen LogP contribution in [0.4, 0.5) is 25.4 Å². The molecular formula is C22H23FN4O4S2. The molecule has 0 bridgehead atoms.